The van der Waals surface area contributed by atoms with Crippen molar-refractivity contribution in [1.82, 2.24) is 20.3 Å². The van der Waals surface area contributed by atoms with Crippen molar-refractivity contribution in [2.24, 2.45) is 5.92 Å². The fourth-order valence-corrected chi connectivity index (χ4v) is 2.37. The minimum atomic E-state index is 0.795. The predicted octanol–water partition coefficient (Wildman–Crippen LogP) is 2.44. The maximum absolute atomic E-state index is 4.23. The molecule has 1 aromatic carbocycles. The molecule has 4 nitrogen and oxygen atoms in total. The van der Waals surface area contributed by atoms with Crippen LogP contribution < -0.4 is 5.32 Å². The molecule has 1 aromatic heterocycles. The Bertz CT molecular complexity index is 584. The van der Waals surface area contributed by atoms with Gasteiger partial charge in [0.2, 0.25) is 0 Å². The maximum atomic E-state index is 4.23. The summed E-state index contributed by atoms with van der Waals surface area (Å²) in [6.45, 7) is 7.00. The van der Waals surface area contributed by atoms with Crippen molar-refractivity contribution in [3.63, 3.8) is 0 Å². The van der Waals surface area contributed by atoms with E-state index in [2.05, 4.69) is 47.7 Å². The molecular weight excluding hydrogens is 248 g/mol. The van der Waals surface area contributed by atoms with Crippen LogP contribution in [0.3, 0.4) is 0 Å². The van der Waals surface area contributed by atoms with E-state index >= 15 is 0 Å². The highest BCUT2D eigenvalue weighted by Crippen LogP contribution is 2.27. The van der Waals surface area contributed by atoms with Crippen molar-refractivity contribution in [2.45, 2.75) is 39.8 Å². The summed E-state index contributed by atoms with van der Waals surface area (Å²) in [4.78, 5) is 0. The molecule has 1 aliphatic carbocycles. The SMILES string of the molecule is Cc1ccc(C)c(Cn2cc(CNCC3CC3)nn2)c1. The van der Waals surface area contributed by atoms with Crippen LogP contribution >= 0.6 is 0 Å². The standard InChI is InChI=1S/C16H22N4/c1-12-3-4-13(2)15(7-12)10-20-11-16(18-19-20)9-17-8-14-5-6-14/h3-4,7,11,14,17H,5-6,8-10H2,1-2H3. The zero-order chi connectivity index (χ0) is 13.9. The quantitative estimate of drug-likeness (QED) is 0.876. The van der Waals surface area contributed by atoms with E-state index in [1.165, 1.54) is 29.5 Å². The Labute approximate surface area is 120 Å². The highest BCUT2D eigenvalue weighted by atomic mass is 15.4. The van der Waals surface area contributed by atoms with Gasteiger partial charge < -0.3 is 5.32 Å². The molecule has 1 heterocycles. The van der Waals surface area contributed by atoms with Gasteiger partial charge >= 0.3 is 0 Å². The molecule has 0 atom stereocenters. The molecule has 0 bridgehead atoms. The van der Waals surface area contributed by atoms with Crippen LogP contribution in [0, 0.1) is 19.8 Å². The summed E-state index contributed by atoms with van der Waals surface area (Å²) in [7, 11) is 0. The van der Waals surface area contributed by atoms with E-state index in [0.29, 0.717) is 0 Å². The van der Waals surface area contributed by atoms with Gasteiger partial charge in [0.1, 0.15) is 0 Å². The largest absolute Gasteiger partial charge is 0.311 e. The van der Waals surface area contributed by atoms with E-state index in [1.54, 1.807) is 0 Å². The van der Waals surface area contributed by atoms with Crippen LogP contribution in [-0.4, -0.2) is 21.5 Å². The summed E-state index contributed by atoms with van der Waals surface area (Å²) >= 11 is 0. The van der Waals surface area contributed by atoms with Gasteiger partial charge in [-0.1, -0.05) is 29.0 Å². The average Bonchev–Trinajstić information content (AvgIpc) is 3.14. The summed E-state index contributed by atoms with van der Waals surface area (Å²) in [5.41, 5.74) is 4.93. The number of aryl methyl sites for hydroxylation is 2. The van der Waals surface area contributed by atoms with Crippen LogP contribution in [0.1, 0.15) is 35.2 Å². The topological polar surface area (TPSA) is 42.7 Å². The van der Waals surface area contributed by atoms with Crippen LogP contribution in [0.2, 0.25) is 0 Å². The summed E-state index contributed by atoms with van der Waals surface area (Å²) in [5, 5.41) is 11.9. The summed E-state index contributed by atoms with van der Waals surface area (Å²) in [5.74, 6) is 0.903. The van der Waals surface area contributed by atoms with Crippen molar-refractivity contribution in [3.8, 4) is 0 Å². The number of nitrogens with zero attached hydrogens (tertiary/aromatic N) is 3. The Morgan fingerprint density at radius 2 is 2.15 bits per heavy atom. The zero-order valence-electron chi connectivity index (χ0n) is 12.3. The van der Waals surface area contributed by atoms with Crippen molar-refractivity contribution >= 4 is 0 Å². The van der Waals surface area contributed by atoms with Crippen LogP contribution in [0.25, 0.3) is 0 Å². The van der Waals surface area contributed by atoms with Gasteiger partial charge in [0, 0.05) is 6.54 Å². The molecule has 0 aliphatic heterocycles. The Hall–Kier alpha value is -1.68. The van der Waals surface area contributed by atoms with E-state index in [1.807, 2.05) is 10.9 Å². The lowest BCUT2D eigenvalue weighted by atomic mass is 10.1. The molecule has 0 amide bonds. The molecular formula is C16H22N4. The molecule has 106 valence electrons. The van der Waals surface area contributed by atoms with Gasteiger partial charge in [-0.2, -0.15) is 0 Å². The van der Waals surface area contributed by atoms with Crippen LogP contribution in [0.5, 0.6) is 0 Å². The smallest absolute Gasteiger partial charge is 0.0964 e. The monoisotopic (exact) mass is 270 g/mol. The van der Waals surface area contributed by atoms with Gasteiger partial charge in [-0.25, -0.2) is 4.68 Å². The van der Waals surface area contributed by atoms with Crippen LogP contribution in [-0.2, 0) is 13.1 Å². The van der Waals surface area contributed by atoms with Gasteiger partial charge in [-0.15, -0.1) is 5.10 Å². The average molecular weight is 270 g/mol. The van der Waals surface area contributed by atoms with E-state index in [9.17, 15) is 0 Å². The van der Waals surface area contributed by atoms with Gasteiger partial charge in [0.25, 0.3) is 0 Å². The lowest BCUT2D eigenvalue weighted by molar-refractivity contribution is 0.626. The fourth-order valence-electron chi connectivity index (χ4n) is 2.37. The lowest BCUT2D eigenvalue weighted by Crippen LogP contribution is -2.16. The summed E-state index contributed by atoms with van der Waals surface area (Å²) in [6.07, 6.45) is 4.81. The molecule has 20 heavy (non-hydrogen) atoms. The number of aromatic nitrogens is 3. The first-order chi connectivity index (χ1) is 9.70. The third-order valence-electron chi connectivity index (χ3n) is 3.86. The zero-order valence-corrected chi connectivity index (χ0v) is 12.3. The Balaban J connectivity index is 1.59. The third-order valence-corrected chi connectivity index (χ3v) is 3.86. The highest BCUT2D eigenvalue weighted by molar-refractivity contribution is 5.30. The van der Waals surface area contributed by atoms with Crippen LogP contribution in [0.15, 0.2) is 24.4 Å². The lowest BCUT2D eigenvalue weighted by Gasteiger charge is -2.06. The molecule has 0 unspecified atom stereocenters. The minimum Gasteiger partial charge on any atom is -0.311 e. The number of hydrogen-bond acceptors (Lipinski definition) is 3. The number of nitrogens with one attached hydrogen (secondary N) is 1. The Kier molecular flexibility index (Phi) is 3.83. The molecule has 0 spiro atoms. The molecule has 1 aliphatic rings. The fraction of sp³-hybridized carbons (Fsp3) is 0.500. The summed E-state index contributed by atoms with van der Waals surface area (Å²) in [6, 6.07) is 6.54. The second kappa shape index (κ2) is 5.75. The van der Waals surface area contributed by atoms with Gasteiger partial charge in [-0.3, -0.25) is 0 Å². The van der Waals surface area contributed by atoms with E-state index in [0.717, 1.165) is 31.2 Å². The molecule has 1 fully saturated rings. The minimum absolute atomic E-state index is 0.795. The first-order valence-electron chi connectivity index (χ1n) is 7.36. The highest BCUT2D eigenvalue weighted by Gasteiger charge is 2.20. The van der Waals surface area contributed by atoms with Crippen molar-refractivity contribution < 1.29 is 0 Å². The molecule has 0 saturated heterocycles. The predicted molar refractivity (Wildman–Crippen MR) is 79.5 cm³/mol. The molecule has 3 rings (SSSR count). The van der Waals surface area contributed by atoms with Crippen molar-refractivity contribution in [2.75, 3.05) is 6.54 Å². The molecule has 4 heteroatoms. The Morgan fingerprint density at radius 3 is 2.95 bits per heavy atom. The van der Waals surface area contributed by atoms with Gasteiger partial charge in [0.05, 0.1) is 18.4 Å². The normalized spacial score (nSPS) is 14.7. The van der Waals surface area contributed by atoms with E-state index < -0.39 is 0 Å². The number of hydrogen-bond donors (Lipinski definition) is 1. The molecule has 1 N–H and O–H groups in total. The second-order valence-corrected chi connectivity index (χ2v) is 5.91. The first kappa shape index (κ1) is 13.3. The number of rotatable bonds is 6. The Morgan fingerprint density at radius 1 is 1.30 bits per heavy atom. The first-order valence-corrected chi connectivity index (χ1v) is 7.36. The van der Waals surface area contributed by atoms with Crippen molar-refractivity contribution in [1.29, 1.82) is 0 Å². The third kappa shape index (κ3) is 3.45. The van der Waals surface area contributed by atoms with E-state index in [-0.39, 0.29) is 0 Å². The molecule has 0 radical (unpaired) electrons. The van der Waals surface area contributed by atoms with Gasteiger partial charge in [-0.05, 0) is 50.3 Å². The summed E-state index contributed by atoms with van der Waals surface area (Å²) < 4.78 is 1.93. The van der Waals surface area contributed by atoms with Crippen molar-refractivity contribution in [3.05, 3.63) is 46.8 Å². The molecule has 2 aromatic rings. The number of benzene rings is 1. The van der Waals surface area contributed by atoms with Crippen LogP contribution in [0.4, 0.5) is 0 Å². The molecule has 1 saturated carbocycles. The van der Waals surface area contributed by atoms with Gasteiger partial charge in [0.15, 0.2) is 0 Å². The van der Waals surface area contributed by atoms with E-state index in [4.69, 9.17) is 0 Å². The maximum Gasteiger partial charge on any atom is 0.0964 e. The second-order valence-electron chi connectivity index (χ2n) is 5.91.